The molecule has 2 aromatic carbocycles. The number of carbonyl (C=O) groups excluding carboxylic acids is 1. The monoisotopic (exact) mass is 446 g/mol. The Morgan fingerprint density at radius 3 is 2.84 bits per heavy atom. The Kier molecular flexibility index (Phi) is 5.45. The van der Waals surface area contributed by atoms with Crippen LogP contribution < -0.4 is 5.32 Å². The fraction of sp³-hybridized carbons (Fsp3) is 0.462. The van der Waals surface area contributed by atoms with Gasteiger partial charge in [0.05, 0.1) is 15.7 Å². The van der Waals surface area contributed by atoms with Crippen LogP contribution in [-0.4, -0.2) is 52.9 Å². The van der Waals surface area contributed by atoms with Crippen LogP contribution in [-0.2, 0) is 13.1 Å². The van der Waals surface area contributed by atoms with Crippen LogP contribution in [0.15, 0.2) is 41.9 Å². The number of piperidine rings is 2. The summed E-state index contributed by atoms with van der Waals surface area (Å²) in [5, 5.41) is 3.45. The van der Waals surface area contributed by atoms with Crippen LogP contribution in [0.5, 0.6) is 0 Å². The van der Waals surface area contributed by atoms with Gasteiger partial charge in [-0.25, -0.2) is 4.98 Å². The molecule has 1 N–H and O–H groups in total. The molecule has 1 aromatic heterocycles. The zero-order valence-electron chi connectivity index (χ0n) is 18.4. The van der Waals surface area contributed by atoms with Gasteiger partial charge in [0.1, 0.15) is 0 Å². The highest BCUT2D eigenvalue weighted by atomic mass is 32.1. The van der Waals surface area contributed by atoms with Gasteiger partial charge in [-0.05, 0) is 86.1 Å². The molecule has 0 bridgehead atoms. The normalized spacial score (nSPS) is 22.6. The molecular formula is C26H30N4OS. The van der Waals surface area contributed by atoms with Crippen LogP contribution in [0.25, 0.3) is 10.2 Å². The van der Waals surface area contributed by atoms with E-state index in [4.69, 9.17) is 0 Å². The molecule has 3 aliphatic rings. The first-order chi connectivity index (χ1) is 15.7. The lowest BCUT2D eigenvalue weighted by atomic mass is 9.87. The predicted molar refractivity (Wildman–Crippen MR) is 129 cm³/mol. The third kappa shape index (κ3) is 3.85. The molecule has 6 rings (SSSR count). The van der Waals surface area contributed by atoms with Crippen LogP contribution in [0.1, 0.15) is 58.6 Å². The van der Waals surface area contributed by atoms with Crippen molar-refractivity contribution >= 4 is 27.5 Å². The topological polar surface area (TPSA) is 48.5 Å². The maximum Gasteiger partial charge on any atom is 0.254 e. The van der Waals surface area contributed by atoms with E-state index in [1.165, 1.54) is 34.2 Å². The number of aromatic nitrogens is 1. The Labute approximate surface area is 193 Å². The van der Waals surface area contributed by atoms with Crippen molar-refractivity contribution in [3.8, 4) is 0 Å². The smallest absolute Gasteiger partial charge is 0.254 e. The van der Waals surface area contributed by atoms with E-state index in [1.807, 2.05) is 5.51 Å². The average molecular weight is 447 g/mol. The molecule has 2 fully saturated rings. The summed E-state index contributed by atoms with van der Waals surface area (Å²) in [6, 6.07) is 13.7. The summed E-state index contributed by atoms with van der Waals surface area (Å²) in [4.78, 5) is 22.1. The minimum atomic E-state index is 0.229. The number of nitrogens with zero attached hydrogens (tertiary/aromatic N) is 3. The molecule has 5 nitrogen and oxygen atoms in total. The van der Waals surface area contributed by atoms with E-state index in [1.54, 1.807) is 11.3 Å². The summed E-state index contributed by atoms with van der Waals surface area (Å²) in [7, 11) is 0. The number of fused-ring (bicyclic) bond motifs is 2. The number of rotatable bonds is 4. The van der Waals surface area contributed by atoms with Crippen LogP contribution in [0.3, 0.4) is 0 Å². The number of nitrogens with one attached hydrogen (secondary N) is 1. The van der Waals surface area contributed by atoms with E-state index in [-0.39, 0.29) is 5.91 Å². The molecule has 6 heteroatoms. The highest BCUT2D eigenvalue weighted by Crippen LogP contribution is 2.34. The second-order valence-electron chi connectivity index (χ2n) is 9.55. The number of benzene rings is 2. The maximum atomic E-state index is 13.0. The van der Waals surface area contributed by atoms with E-state index in [9.17, 15) is 4.79 Å². The van der Waals surface area contributed by atoms with E-state index < -0.39 is 0 Å². The van der Waals surface area contributed by atoms with Crippen molar-refractivity contribution in [3.63, 3.8) is 0 Å². The molecule has 3 aliphatic heterocycles. The Bertz CT molecular complexity index is 1130. The van der Waals surface area contributed by atoms with Crippen LogP contribution in [0.4, 0.5) is 0 Å². The van der Waals surface area contributed by atoms with Crippen molar-refractivity contribution in [2.45, 2.75) is 50.7 Å². The van der Waals surface area contributed by atoms with Gasteiger partial charge in [0.2, 0.25) is 0 Å². The Morgan fingerprint density at radius 1 is 1.09 bits per heavy atom. The van der Waals surface area contributed by atoms with Gasteiger partial charge in [-0.15, -0.1) is 11.3 Å². The van der Waals surface area contributed by atoms with Gasteiger partial charge >= 0.3 is 0 Å². The summed E-state index contributed by atoms with van der Waals surface area (Å²) >= 11 is 1.70. The lowest BCUT2D eigenvalue weighted by Gasteiger charge is -2.32. The molecule has 32 heavy (non-hydrogen) atoms. The lowest BCUT2D eigenvalue weighted by Crippen LogP contribution is -2.46. The Hall–Kier alpha value is -2.28. The number of amides is 1. The maximum absolute atomic E-state index is 13.0. The number of thiazole rings is 1. The van der Waals surface area contributed by atoms with Crippen LogP contribution in [0.2, 0.25) is 0 Å². The number of carbonyl (C=O) groups is 1. The summed E-state index contributed by atoms with van der Waals surface area (Å²) in [5.41, 5.74) is 7.98. The zero-order chi connectivity index (χ0) is 21.5. The zero-order valence-corrected chi connectivity index (χ0v) is 19.2. The first-order valence-corrected chi connectivity index (χ1v) is 12.8. The third-order valence-corrected chi connectivity index (χ3v) is 8.34. The van der Waals surface area contributed by atoms with Gasteiger partial charge in [0.15, 0.2) is 0 Å². The van der Waals surface area contributed by atoms with E-state index in [2.05, 4.69) is 56.5 Å². The first-order valence-electron chi connectivity index (χ1n) is 11.9. The van der Waals surface area contributed by atoms with Crippen molar-refractivity contribution in [2.24, 2.45) is 0 Å². The SMILES string of the molecule is O=C1c2ccc(C3CCN(Cc4ccc5scnc5c4)CC3)cc2CN1C1CCCNC1. The number of hydrogen-bond donors (Lipinski definition) is 1. The first kappa shape index (κ1) is 20.3. The highest BCUT2D eigenvalue weighted by Gasteiger charge is 2.34. The number of likely N-dealkylation sites (tertiary alicyclic amines) is 1. The molecule has 1 amide bonds. The molecule has 1 atom stereocenters. The molecule has 4 heterocycles. The minimum absolute atomic E-state index is 0.229. The van der Waals surface area contributed by atoms with Gasteiger partial charge < -0.3 is 10.2 Å². The fourth-order valence-electron chi connectivity index (χ4n) is 5.70. The number of hydrogen-bond acceptors (Lipinski definition) is 5. The van der Waals surface area contributed by atoms with Crippen LogP contribution in [0, 0.1) is 0 Å². The molecular weight excluding hydrogens is 416 g/mol. The Morgan fingerprint density at radius 2 is 2.00 bits per heavy atom. The van der Waals surface area contributed by atoms with Crippen molar-refractivity contribution in [2.75, 3.05) is 26.2 Å². The highest BCUT2D eigenvalue weighted by molar-refractivity contribution is 7.16. The van der Waals surface area contributed by atoms with Gasteiger partial charge in [-0.1, -0.05) is 18.2 Å². The van der Waals surface area contributed by atoms with Crippen molar-refractivity contribution < 1.29 is 4.79 Å². The second kappa shape index (κ2) is 8.58. The van der Waals surface area contributed by atoms with Crippen molar-refractivity contribution in [1.29, 1.82) is 0 Å². The summed E-state index contributed by atoms with van der Waals surface area (Å²) in [5.74, 6) is 0.824. The van der Waals surface area contributed by atoms with Gasteiger partial charge in [0.25, 0.3) is 5.91 Å². The van der Waals surface area contributed by atoms with Crippen LogP contribution >= 0.6 is 11.3 Å². The molecule has 0 saturated carbocycles. The quantitative estimate of drug-likeness (QED) is 0.646. The standard InChI is InChI=1S/C26H30N4OS/c31-26-23-5-4-20(13-21(23)16-30(26)22-2-1-9-27-14-22)19-7-10-29(11-8-19)15-18-3-6-25-24(12-18)28-17-32-25/h3-6,12-13,17,19,22,27H,1-2,7-11,14-16H2. The molecule has 0 radical (unpaired) electrons. The summed E-state index contributed by atoms with van der Waals surface area (Å²) in [6.45, 7) is 6.04. The second-order valence-corrected chi connectivity index (χ2v) is 10.4. The van der Waals surface area contributed by atoms with Crippen molar-refractivity contribution in [3.05, 3.63) is 64.2 Å². The largest absolute Gasteiger partial charge is 0.330 e. The third-order valence-electron chi connectivity index (χ3n) is 7.53. The van der Waals surface area contributed by atoms with Gasteiger partial charge in [-0.2, -0.15) is 0 Å². The molecule has 3 aromatic rings. The lowest BCUT2D eigenvalue weighted by molar-refractivity contribution is 0.0674. The molecule has 0 spiro atoms. The Balaban J connectivity index is 1.09. The van der Waals surface area contributed by atoms with E-state index in [0.29, 0.717) is 12.0 Å². The average Bonchev–Trinajstić information content (AvgIpc) is 3.44. The van der Waals surface area contributed by atoms with Gasteiger partial charge in [-0.3, -0.25) is 9.69 Å². The summed E-state index contributed by atoms with van der Waals surface area (Å²) < 4.78 is 1.26. The van der Waals surface area contributed by atoms with Crippen molar-refractivity contribution in [1.82, 2.24) is 20.1 Å². The van der Waals surface area contributed by atoms with E-state index >= 15 is 0 Å². The molecule has 1 unspecified atom stereocenters. The van der Waals surface area contributed by atoms with E-state index in [0.717, 1.165) is 63.2 Å². The predicted octanol–water partition coefficient (Wildman–Crippen LogP) is 4.38. The summed E-state index contributed by atoms with van der Waals surface area (Å²) in [6.07, 6.45) is 4.64. The molecule has 0 aliphatic carbocycles. The fourth-order valence-corrected chi connectivity index (χ4v) is 6.35. The van der Waals surface area contributed by atoms with Gasteiger partial charge in [0, 0.05) is 31.2 Å². The molecule has 2 saturated heterocycles. The minimum Gasteiger partial charge on any atom is -0.330 e. The molecule has 166 valence electrons.